The zero-order chi connectivity index (χ0) is 47.4. The van der Waals surface area contributed by atoms with Crippen molar-refractivity contribution in [3.63, 3.8) is 0 Å². The van der Waals surface area contributed by atoms with Gasteiger partial charge < -0.3 is 40.6 Å². The summed E-state index contributed by atoms with van der Waals surface area (Å²) in [5, 5.41) is 72.0. The van der Waals surface area contributed by atoms with Crippen LogP contribution >= 0.6 is 0 Å². The van der Waals surface area contributed by atoms with E-state index in [4.69, 9.17) is 9.97 Å². The van der Waals surface area contributed by atoms with E-state index in [2.05, 4.69) is 23.8 Å². The van der Waals surface area contributed by atoms with Crippen molar-refractivity contribution in [3.8, 4) is 67.5 Å². The first kappa shape index (κ1) is 46.0. The van der Waals surface area contributed by atoms with Gasteiger partial charge in [-0.3, -0.25) is 0 Å². The molecular weight excluding hydrogens is 849 g/mol. The van der Waals surface area contributed by atoms with Crippen molar-refractivity contribution in [2.24, 2.45) is 0 Å². The maximum absolute atomic E-state index is 14.0. The van der Waals surface area contributed by atoms with Crippen molar-refractivity contribution in [2.45, 2.75) is 102 Å². The van der Waals surface area contributed by atoms with Gasteiger partial charge in [-0.05, 0) is 120 Å². The average molecular weight is 909 g/mol. The Morgan fingerprint density at radius 2 is 0.721 bits per heavy atom. The number of phenols is 4. The number of nitrogens with one attached hydrogen (secondary N) is 2. The molecule has 10 heteroatoms. The third-order valence-corrected chi connectivity index (χ3v) is 13.6. The Kier molecular flexibility index (Phi) is 13.3. The summed E-state index contributed by atoms with van der Waals surface area (Å²) in [4.78, 5) is 18.2. The van der Waals surface area contributed by atoms with Crippen LogP contribution in [0, 0.1) is 0 Å². The summed E-state index contributed by atoms with van der Waals surface area (Å²) in [6.45, 7) is 4.34. The summed E-state index contributed by atoms with van der Waals surface area (Å²) >= 11 is 0. The molecule has 0 saturated heterocycles. The number of aromatic nitrogens is 4. The van der Waals surface area contributed by atoms with Gasteiger partial charge in [0.25, 0.3) is 0 Å². The number of rotatable bonds is 16. The fourth-order valence-electron chi connectivity index (χ4n) is 10.2. The number of phenolic OH excluding ortho intramolecular Hbond substituents is 4. The van der Waals surface area contributed by atoms with Crippen LogP contribution < -0.4 is 0 Å². The third kappa shape index (κ3) is 8.89. The van der Waals surface area contributed by atoms with Crippen LogP contribution in [0.25, 0.3) is 78.7 Å². The first-order chi connectivity index (χ1) is 33.0. The summed E-state index contributed by atoms with van der Waals surface area (Å²) in [5.74, 6) is 0.213. The Balaban J connectivity index is 1.50. The van der Waals surface area contributed by atoms with Crippen molar-refractivity contribution >= 4 is 34.2 Å². The van der Waals surface area contributed by atoms with E-state index in [1.165, 1.54) is 0 Å². The van der Waals surface area contributed by atoms with E-state index in [9.17, 15) is 30.6 Å². The molecule has 10 nitrogen and oxygen atoms in total. The van der Waals surface area contributed by atoms with Crippen molar-refractivity contribution in [1.82, 2.24) is 19.9 Å². The molecule has 9 rings (SSSR count). The van der Waals surface area contributed by atoms with Crippen molar-refractivity contribution in [2.75, 3.05) is 0 Å². The highest BCUT2D eigenvalue weighted by atomic mass is 16.4. The van der Waals surface area contributed by atoms with Gasteiger partial charge in [-0.2, -0.15) is 0 Å². The van der Waals surface area contributed by atoms with Gasteiger partial charge in [-0.25, -0.2) is 9.97 Å². The molecule has 2 unspecified atom stereocenters. The number of unbranched alkanes of at least 4 members (excludes halogenated alkanes) is 8. The molecule has 8 bridgehead atoms. The quantitative estimate of drug-likeness (QED) is 0.0441. The lowest BCUT2D eigenvalue weighted by Gasteiger charge is -2.40. The van der Waals surface area contributed by atoms with E-state index in [0.717, 1.165) is 51.4 Å². The molecule has 7 aromatic rings. The summed E-state index contributed by atoms with van der Waals surface area (Å²) < 4.78 is 0. The maximum Gasteiger partial charge on any atom is 0.141 e. The number of aliphatic hydroxyl groups is 2. The molecule has 5 heterocycles. The molecule has 0 amide bonds. The van der Waals surface area contributed by atoms with Crippen LogP contribution in [0.2, 0.25) is 0 Å². The van der Waals surface area contributed by atoms with E-state index in [1.54, 1.807) is 72.8 Å². The van der Waals surface area contributed by atoms with Crippen LogP contribution in [-0.2, 0) is 11.2 Å². The summed E-state index contributed by atoms with van der Waals surface area (Å²) in [7, 11) is 0. The molecule has 0 fully saturated rings. The zero-order valence-electron chi connectivity index (χ0n) is 38.8. The highest BCUT2D eigenvalue weighted by Gasteiger charge is 2.58. The van der Waals surface area contributed by atoms with Gasteiger partial charge >= 0.3 is 0 Å². The molecule has 0 spiro atoms. The normalized spacial score (nSPS) is 16.6. The Labute approximate surface area is 397 Å². The van der Waals surface area contributed by atoms with E-state index >= 15 is 0 Å². The smallest absolute Gasteiger partial charge is 0.141 e. The second-order valence-electron chi connectivity index (χ2n) is 18.3. The lowest BCUT2D eigenvalue weighted by molar-refractivity contribution is -0.167. The van der Waals surface area contributed by atoms with Crippen LogP contribution in [-0.4, -0.2) is 50.6 Å². The van der Waals surface area contributed by atoms with Gasteiger partial charge in [0, 0.05) is 44.3 Å². The predicted molar refractivity (Wildman–Crippen MR) is 273 cm³/mol. The lowest BCUT2D eigenvalue weighted by atomic mass is 9.71. The van der Waals surface area contributed by atoms with Gasteiger partial charge in [0.2, 0.25) is 0 Å². The SMILES string of the molecule is CCCCCCCC1(O)c2nc(c(-c3cccc(O)c3)c3ccc([nH]3)c(-c3cccc(O)c3)c3nc(c(-c4cccc(O)c4)c4ccc([nH]4)c2-c2cccc(O)c2)C=C3)C1(O)CCCCCCC. The number of fused-ring (bicyclic) bond motifs is 8. The lowest BCUT2D eigenvalue weighted by Crippen LogP contribution is -2.46. The van der Waals surface area contributed by atoms with Crippen LogP contribution in [0.3, 0.4) is 0 Å². The minimum atomic E-state index is -1.95. The van der Waals surface area contributed by atoms with Crippen LogP contribution in [0.1, 0.15) is 114 Å². The molecule has 8 N–H and O–H groups in total. The highest BCUT2D eigenvalue weighted by Crippen LogP contribution is 2.55. The van der Waals surface area contributed by atoms with Crippen molar-refractivity contribution in [1.29, 1.82) is 0 Å². The molecule has 0 radical (unpaired) electrons. The van der Waals surface area contributed by atoms with Gasteiger partial charge in [-0.15, -0.1) is 0 Å². The Hall–Kier alpha value is -7.14. The number of hydrogen-bond donors (Lipinski definition) is 8. The molecule has 2 aliphatic rings. The summed E-state index contributed by atoms with van der Waals surface area (Å²) in [6, 6.07) is 35.5. The summed E-state index contributed by atoms with van der Waals surface area (Å²) in [6.07, 6.45) is 13.3. The Morgan fingerprint density at radius 3 is 1.06 bits per heavy atom. The minimum Gasteiger partial charge on any atom is -0.508 e. The molecule has 2 atom stereocenters. The van der Waals surface area contributed by atoms with E-state index < -0.39 is 11.2 Å². The minimum absolute atomic E-state index is 0.0243. The summed E-state index contributed by atoms with van der Waals surface area (Å²) in [5.41, 5.74) is 5.24. The molecule has 348 valence electrons. The number of benzene rings is 4. The van der Waals surface area contributed by atoms with E-state index in [1.807, 2.05) is 60.7 Å². The van der Waals surface area contributed by atoms with Crippen LogP contribution in [0.4, 0.5) is 0 Å². The predicted octanol–water partition coefficient (Wildman–Crippen LogP) is 13.8. The topological polar surface area (TPSA) is 179 Å². The zero-order valence-corrected chi connectivity index (χ0v) is 38.8. The fraction of sp³-hybridized carbons (Fsp3) is 0.276. The van der Waals surface area contributed by atoms with Gasteiger partial charge in [0.1, 0.15) is 34.2 Å². The second-order valence-corrected chi connectivity index (χ2v) is 18.3. The Bertz CT molecular complexity index is 2960. The number of H-pyrrole nitrogens is 2. The molecular formula is C58H60N4O6. The number of hydrogen-bond acceptors (Lipinski definition) is 8. The molecule has 2 aliphatic heterocycles. The number of aromatic hydroxyl groups is 4. The van der Waals surface area contributed by atoms with Gasteiger partial charge in [0.05, 0.1) is 22.8 Å². The standard InChI is InChI=1S/C58H60N4O6/c1-3-5-7-9-11-31-57(67)55-53(39-19-15-23-43(65)35-39)49-29-27-47(60-49)51(37-17-13-21-41(63)33-37)45-25-26-46(59-45)52(38-18-14-22-42(64)34-38)48-28-30-50(61-48)54(40-20-16-24-44(66)36-40)56(62-55)58(57,68)32-12-10-8-6-4-2/h13-30,33-36,60-61,63-68H,3-12,31-32H2,1-2H3. The van der Waals surface area contributed by atoms with Crippen LogP contribution in [0.5, 0.6) is 23.0 Å². The Morgan fingerprint density at radius 1 is 0.397 bits per heavy atom. The maximum atomic E-state index is 14.0. The first-order valence-corrected chi connectivity index (χ1v) is 24.1. The molecule has 0 saturated carbocycles. The van der Waals surface area contributed by atoms with E-state index in [-0.39, 0.29) is 47.2 Å². The second kappa shape index (κ2) is 19.6. The molecule has 68 heavy (non-hydrogen) atoms. The number of aromatic amines is 2. The highest BCUT2D eigenvalue weighted by molar-refractivity contribution is 5.98. The molecule has 3 aromatic heterocycles. The number of nitrogens with zero attached hydrogens (tertiary/aromatic N) is 2. The van der Waals surface area contributed by atoms with Crippen molar-refractivity contribution in [3.05, 3.63) is 144 Å². The van der Waals surface area contributed by atoms with Gasteiger partial charge in [-0.1, -0.05) is 127 Å². The molecule has 0 aliphatic carbocycles. The first-order valence-electron chi connectivity index (χ1n) is 24.1. The largest absolute Gasteiger partial charge is 0.508 e. The average Bonchev–Trinajstić information content (AvgIpc) is 4.14. The monoisotopic (exact) mass is 908 g/mol. The fourth-order valence-corrected chi connectivity index (χ4v) is 10.2. The molecule has 4 aromatic carbocycles. The third-order valence-electron chi connectivity index (χ3n) is 13.6. The van der Waals surface area contributed by atoms with Crippen LogP contribution in [0.15, 0.2) is 121 Å². The van der Waals surface area contributed by atoms with Gasteiger partial charge in [0.15, 0.2) is 0 Å². The van der Waals surface area contributed by atoms with E-state index in [0.29, 0.717) is 90.8 Å². The van der Waals surface area contributed by atoms with Crippen molar-refractivity contribution < 1.29 is 30.6 Å².